The van der Waals surface area contributed by atoms with Crippen LogP contribution in [0.2, 0.25) is 5.02 Å². The van der Waals surface area contributed by atoms with Crippen molar-refractivity contribution in [2.45, 2.75) is 19.0 Å². The largest absolute Gasteiger partial charge is 0.439 e. The van der Waals surface area contributed by atoms with E-state index >= 15 is 0 Å². The predicted octanol–water partition coefficient (Wildman–Crippen LogP) is 1.76. The zero-order chi connectivity index (χ0) is 13.5. The normalized spacial score (nSPS) is 22.1. The average Bonchev–Trinajstić information content (AvgIpc) is 2.89. The Bertz CT molecular complexity index is 711. The summed E-state index contributed by atoms with van der Waals surface area (Å²) in [5.74, 6) is 0.994. The molecule has 0 saturated carbocycles. The quantitative estimate of drug-likeness (QED) is 0.935. The van der Waals surface area contributed by atoms with Crippen molar-refractivity contribution < 1.29 is 12.8 Å². The van der Waals surface area contributed by atoms with E-state index < -0.39 is 9.84 Å². The minimum atomic E-state index is -2.86. The molecule has 102 valence electrons. The lowest BCUT2D eigenvalue weighted by atomic mass is 10.3. The molecule has 19 heavy (non-hydrogen) atoms. The minimum absolute atomic E-state index is 0.0106. The molecule has 1 aliphatic rings. The van der Waals surface area contributed by atoms with Crippen LogP contribution in [0.25, 0.3) is 11.1 Å². The lowest BCUT2D eigenvalue weighted by Crippen LogP contribution is -2.29. The molecule has 1 aromatic heterocycles. The molecule has 1 unspecified atom stereocenters. The summed E-state index contributed by atoms with van der Waals surface area (Å²) in [5, 5.41) is 3.77. The fourth-order valence-electron chi connectivity index (χ4n) is 2.21. The summed E-state index contributed by atoms with van der Waals surface area (Å²) < 4.78 is 28.2. The van der Waals surface area contributed by atoms with Crippen molar-refractivity contribution in [3.8, 4) is 0 Å². The number of rotatable bonds is 3. The fraction of sp³-hybridized carbons (Fsp3) is 0.417. The van der Waals surface area contributed by atoms with Crippen molar-refractivity contribution in [3.05, 3.63) is 29.1 Å². The van der Waals surface area contributed by atoms with Gasteiger partial charge in [0.2, 0.25) is 5.89 Å². The van der Waals surface area contributed by atoms with Crippen molar-refractivity contribution in [1.29, 1.82) is 0 Å². The Hall–Kier alpha value is -1.11. The summed E-state index contributed by atoms with van der Waals surface area (Å²) >= 11 is 5.88. The number of sulfone groups is 1. The molecule has 3 rings (SSSR count). The lowest BCUT2D eigenvalue weighted by molar-refractivity contribution is 0.463. The number of nitrogens with one attached hydrogen (secondary N) is 1. The van der Waals surface area contributed by atoms with Gasteiger partial charge in [-0.3, -0.25) is 0 Å². The highest BCUT2D eigenvalue weighted by molar-refractivity contribution is 7.91. The molecule has 1 fully saturated rings. The van der Waals surface area contributed by atoms with E-state index in [2.05, 4.69) is 10.3 Å². The highest BCUT2D eigenvalue weighted by Gasteiger charge is 2.27. The number of nitrogens with zero attached hydrogens (tertiary/aromatic N) is 1. The van der Waals surface area contributed by atoms with Gasteiger partial charge in [-0.2, -0.15) is 0 Å². The molecule has 1 aromatic carbocycles. The van der Waals surface area contributed by atoms with Crippen LogP contribution >= 0.6 is 11.6 Å². The predicted molar refractivity (Wildman–Crippen MR) is 72.9 cm³/mol. The number of benzene rings is 1. The number of fused-ring (bicyclic) bond motifs is 1. The summed E-state index contributed by atoms with van der Waals surface area (Å²) in [6.45, 7) is 0.423. The highest BCUT2D eigenvalue weighted by Crippen LogP contribution is 2.20. The smallest absolute Gasteiger partial charge is 0.209 e. The maximum atomic E-state index is 11.3. The summed E-state index contributed by atoms with van der Waals surface area (Å²) in [5.41, 5.74) is 1.39. The van der Waals surface area contributed by atoms with Gasteiger partial charge in [0.05, 0.1) is 18.1 Å². The van der Waals surface area contributed by atoms with E-state index in [4.69, 9.17) is 16.0 Å². The van der Waals surface area contributed by atoms with Gasteiger partial charge in [0.15, 0.2) is 15.4 Å². The zero-order valence-electron chi connectivity index (χ0n) is 10.1. The molecule has 1 aliphatic heterocycles. The van der Waals surface area contributed by atoms with Gasteiger partial charge in [0.25, 0.3) is 0 Å². The van der Waals surface area contributed by atoms with Crippen molar-refractivity contribution in [2.24, 2.45) is 0 Å². The Balaban J connectivity index is 1.69. The van der Waals surface area contributed by atoms with Crippen molar-refractivity contribution in [1.82, 2.24) is 10.3 Å². The SMILES string of the molecule is O=S1(=O)CCC(NCc2nc3cc(Cl)ccc3o2)C1. The van der Waals surface area contributed by atoms with Gasteiger partial charge in [0.1, 0.15) is 5.52 Å². The third-order valence-corrected chi connectivity index (χ3v) is 5.17. The van der Waals surface area contributed by atoms with Gasteiger partial charge in [-0.25, -0.2) is 13.4 Å². The number of oxazole rings is 1. The number of halogens is 1. The number of hydrogen-bond donors (Lipinski definition) is 1. The first-order chi connectivity index (χ1) is 9.02. The molecule has 1 atom stereocenters. The van der Waals surface area contributed by atoms with Crippen LogP contribution in [0.1, 0.15) is 12.3 Å². The minimum Gasteiger partial charge on any atom is -0.439 e. The molecule has 0 aliphatic carbocycles. The van der Waals surface area contributed by atoms with E-state index in [1.54, 1.807) is 18.2 Å². The van der Waals surface area contributed by atoms with E-state index in [0.717, 1.165) is 0 Å². The van der Waals surface area contributed by atoms with Gasteiger partial charge in [0, 0.05) is 11.1 Å². The van der Waals surface area contributed by atoms with Crippen LogP contribution in [0.4, 0.5) is 0 Å². The van der Waals surface area contributed by atoms with Crippen LogP contribution in [0.5, 0.6) is 0 Å². The second kappa shape index (κ2) is 4.77. The van der Waals surface area contributed by atoms with Crippen molar-refractivity contribution >= 4 is 32.5 Å². The van der Waals surface area contributed by atoms with E-state index in [9.17, 15) is 8.42 Å². The zero-order valence-corrected chi connectivity index (χ0v) is 11.7. The fourth-order valence-corrected chi connectivity index (χ4v) is 4.09. The topological polar surface area (TPSA) is 72.2 Å². The molecule has 1 saturated heterocycles. The summed E-state index contributed by atoms with van der Waals surface area (Å²) in [7, 11) is -2.86. The van der Waals surface area contributed by atoms with Gasteiger partial charge < -0.3 is 9.73 Å². The van der Waals surface area contributed by atoms with E-state index in [1.807, 2.05) is 0 Å². The van der Waals surface area contributed by atoms with Gasteiger partial charge in [-0.1, -0.05) is 11.6 Å². The highest BCUT2D eigenvalue weighted by atomic mass is 35.5. The third kappa shape index (κ3) is 2.91. The molecular formula is C12H13ClN2O3S. The van der Waals surface area contributed by atoms with Crippen LogP contribution < -0.4 is 5.32 Å². The molecule has 0 amide bonds. The Morgan fingerprint density at radius 3 is 3.05 bits per heavy atom. The van der Waals surface area contributed by atoms with E-state index in [0.29, 0.717) is 35.0 Å². The molecule has 0 spiro atoms. The Labute approximate surface area is 115 Å². The summed E-state index contributed by atoms with van der Waals surface area (Å²) in [6, 6.07) is 5.25. The second-order valence-electron chi connectivity index (χ2n) is 4.70. The Morgan fingerprint density at radius 2 is 2.32 bits per heavy atom. The molecule has 5 nitrogen and oxygen atoms in total. The van der Waals surface area contributed by atoms with E-state index in [-0.39, 0.29) is 17.5 Å². The average molecular weight is 301 g/mol. The molecule has 2 heterocycles. The maximum absolute atomic E-state index is 11.3. The van der Waals surface area contributed by atoms with Gasteiger partial charge in [-0.05, 0) is 24.6 Å². The maximum Gasteiger partial charge on any atom is 0.209 e. The number of aromatic nitrogens is 1. The Morgan fingerprint density at radius 1 is 1.47 bits per heavy atom. The van der Waals surface area contributed by atoms with Crippen LogP contribution in [-0.4, -0.2) is 30.9 Å². The first-order valence-corrected chi connectivity index (χ1v) is 8.20. The number of hydrogen-bond acceptors (Lipinski definition) is 5. The van der Waals surface area contributed by atoms with Gasteiger partial charge >= 0.3 is 0 Å². The summed E-state index contributed by atoms with van der Waals surface area (Å²) in [4.78, 5) is 4.31. The lowest BCUT2D eigenvalue weighted by Gasteiger charge is -2.07. The monoisotopic (exact) mass is 300 g/mol. The van der Waals surface area contributed by atoms with Crippen molar-refractivity contribution in [2.75, 3.05) is 11.5 Å². The molecule has 2 aromatic rings. The van der Waals surface area contributed by atoms with E-state index in [1.165, 1.54) is 0 Å². The first-order valence-electron chi connectivity index (χ1n) is 6.01. The first kappa shape index (κ1) is 12.9. The van der Waals surface area contributed by atoms with Crippen LogP contribution in [0.3, 0.4) is 0 Å². The molecule has 0 radical (unpaired) electrons. The summed E-state index contributed by atoms with van der Waals surface area (Å²) in [6.07, 6.45) is 0.647. The van der Waals surface area contributed by atoms with Gasteiger partial charge in [-0.15, -0.1) is 0 Å². The second-order valence-corrected chi connectivity index (χ2v) is 7.37. The molecule has 0 bridgehead atoms. The molecule has 1 N–H and O–H groups in total. The molecular weight excluding hydrogens is 288 g/mol. The molecule has 7 heteroatoms. The van der Waals surface area contributed by atoms with Crippen LogP contribution in [-0.2, 0) is 16.4 Å². The van der Waals surface area contributed by atoms with Crippen LogP contribution in [0.15, 0.2) is 22.6 Å². The van der Waals surface area contributed by atoms with Crippen molar-refractivity contribution in [3.63, 3.8) is 0 Å². The third-order valence-electron chi connectivity index (χ3n) is 3.17. The standard InChI is InChI=1S/C12H13ClN2O3S/c13-8-1-2-11-10(5-8)15-12(18-11)6-14-9-3-4-19(16,17)7-9/h1-2,5,9,14H,3-4,6-7H2. The Kier molecular flexibility index (Phi) is 3.24. The van der Waals surface area contributed by atoms with Crippen LogP contribution in [0, 0.1) is 0 Å².